The minimum Gasteiger partial charge on any atom is -0.337 e. The molecule has 2 aromatic carbocycles. The molecule has 2 bridgehead atoms. The monoisotopic (exact) mass is 752 g/mol. The van der Waals surface area contributed by atoms with Gasteiger partial charge in [0.05, 0.1) is 51.1 Å². The first-order valence-corrected chi connectivity index (χ1v) is 19.6. The van der Waals surface area contributed by atoms with Crippen molar-refractivity contribution in [3.8, 4) is 17.2 Å². The number of nitriles is 1. The van der Waals surface area contributed by atoms with E-state index >= 15 is 4.39 Å². The second-order valence-electron chi connectivity index (χ2n) is 16.7. The van der Waals surface area contributed by atoms with Crippen molar-refractivity contribution in [1.82, 2.24) is 34.8 Å². The van der Waals surface area contributed by atoms with Crippen molar-refractivity contribution in [2.75, 3.05) is 13.1 Å². The van der Waals surface area contributed by atoms with Crippen LogP contribution in [0.3, 0.4) is 0 Å². The molecule has 1 amide bonds. The Bertz CT molecular complexity index is 2370. The summed E-state index contributed by atoms with van der Waals surface area (Å²) in [5.74, 6) is 0.190. The molecule has 1 N–H and O–H groups in total. The summed E-state index contributed by atoms with van der Waals surface area (Å²) in [6.07, 6.45) is 4.15. The summed E-state index contributed by atoms with van der Waals surface area (Å²) in [4.78, 5) is 21.3. The van der Waals surface area contributed by atoms with E-state index in [4.69, 9.17) is 28.2 Å². The Morgan fingerprint density at radius 2 is 1.91 bits per heavy atom. The molecule has 5 aliphatic rings. The van der Waals surface area contributed by atoms with Crippen LogP contribution in [0, 0.1) is 42.8 Å². The fourth-order valence-electron chi connectivity index (χ4n) is 9.69. The first-order chi connectivity index (χ1) is 25.4. The van der Waals surface area contributed by atoms with Crippen LogP contribution in [0.25, 0.3) is 32.9 Å². The largest absolute Gasteiger partial charge is 0.337 e. The number of benzene rings is 2. The maximum Gasteiger partial charge on any atom is 0.226 e. The zero-order chi connectivity index (χ0) is 37.1. The summed E-state index contributed by atoms with van der Waals surface area (Å²) in [6.45, 7) is 12.0. The highest BCUT2D eigenvalue weighted by Gasteiger charge is 2.51. The Hall–Kier alpha value is -4.04. The summed E-state index contributed by atoms with van der Waals surface area (Å²) < 4.78 is 21.8. The van der Waals surface area contributed by atoms with Crippen LogP contribution >= 0.6 is 23.2 Å². The lowest BCUT2D eigenvalue weighted by atomic mass is 9.79. The number of aromatic nitrogens is 5. The average Bonchev–Trinajstić information content (AvgIpc) is 3.54. The predicted octanol–water partition coefficient (Wildman–Crippen LogP) is 8.72. The number of hydrogen-bond donors (Lipinski definition) is 1. The number of rotatable bonds is 7. The predicted molar refractivity (Wildman–Crippen MR) is 205 cm³/mol. The number of carbonyl (C=O) groups excluding carboxylic acids is 1. The number of halogens is 3. The van der Waals surface area contributed by atoms with Gasteiger partial charge in [-0.1, -0.05) is 61.3 Å². The van der Waals surface area contributed by atoms with Crippen LogP contribution in [0.15, 0.2) is 30.3 Å². The van der Waals surface area contributed by atoms with Crippen molar-refractivity contribution in [1.29, 1.82) is 5.26 Å². The van der Waals surface area contributed by atoms with Crippen molar-refractivity contribution in [2.45, 2.75) is 103 Å². The molecule has 5 atom stereocenters. The first kappa shape index (κ1) is 34.7. The van der Waals surface area contributed by atoms with Gasteiger partial charge in [-0.2, -0.15) is 5.26 Å². The van der Waals surface area contributed by atoms with Crippen molar-refractivity contribution in [2.24, 2.45) is 11.8 Å². The Balaban J connectivity index is 1.29. The van der Waals surface area contributed by atoms with Gasteiger partial charge in [0.25, 0.3) is 0 Å². The molecule has 6 heterocycles. The lowest BCUT2D eigenvalue weighted by Gasteiger charge is -2.39. The Morgan fingerprint density at radius 1 is 1.11 bits per heavy atom. The molecule has 3 saturated heterocycles. The van der Waals surface area contributed by atoms with Gasteiger partial charge in [-0.15, -0.1) is 5.10 Å². The van der Waals surface area contributed by atoms with Crippen LogP contribution in [-0.4, -0.2) is 54.5 Å². The van der Waals surface area contributed by atoms with Gasteiger partial charge in [0, 0.05) is 70.2 Å². The van der Waals surface area contributed by atoms with Crippen molar-refractivity contribution < 1.29 is 9.18 Å². The van der Waals surface area contributed by atoms with E-state index in [0.29, 0.717) is 52.4 Å². The van der Waals surface area contributed by atoms with Gasteiger partial charge in [0.2, 0.25) is 5.91 Å². The van der Waals surface area contributed by atoms with E-state index in [1.165, 1.54) is 0 Å². The second kappa shape index (κ2) is 12.5. The smallest absolute Gasteiger partial charge is 0.226 e. The fourth-order valence-corrected chi connectivity index (χ4v) is 10.1. The van der Waals surface area contributed by atoms with Crippen molar-refractivity contribution in [3.05, 3.63) is 74.5 Å². The molecule has 5 fully saturated rings. The topological polar surface area (TPSA) is 105 Å². The second-order valence-corrected chi connectivity index (χ2v) is 17.5. The Kier molecular flexibility index (Phi) is 8.19. The third-order valence-corrected chi connectivity index (χ3v) is 13.0. The maximum atomic E-state index is 17.3. The highest BCUT2D eigenvalue weighted by atomic mass is 35.5. The third kappa shape index (κ3) is 5.40. The SMILES string of the molecule is Cc1nnn([C@H]2C[C@H](c3cc4c(C)nc5c(F)c(-c6cccc(Cl)c6Cl)c(CCC#N)cc5c4n3[C@H]3[C@H]4CN[C@@H]3C4)N(C(=O)C3CC3)C2)c1C(C)(C)C. The van der Waals surface area contributed by atoms with E-state index in [1.54, 1.807) is 18.2 Å². The minimum absolute atomic E-state index is 0.0446. The molecule has 3 aromatic heterocycles. The van der Waals surface area contributed by atoms with Crippen LogP contribution in [0.5, 0.6) is 0 Å². The van der Waals surface area contributed by atoms with Crippen LogP contribution in [0.4, 0.5) is 4.39 Å². The van der Waals surface area contributed by atoms with Crippen molar-refractivity contribution >= 4 is 50.9 Å². The molecule has 12 heteroatoms. The highest BCUT2D eigenvalue weighted by molar-refractivity contribution is 6.43. The molecule has 0 spiro atoms. The van der Waals surface area contributed by atoms with E-state index in [1.807, 2.05) is 19.9 Å². The highest BCUT2D eigenvalue weighted by Crippen LogP contribution is 2.52. The summed E-state index contributed by atoms with van der Waals surface area (Å²) in [5.41, 5.74) is 6.28. The minimum atomic E-state index is -0.476. The number of amides is 1. The Morgan fingerprint density at radius 3 is 2.58 bits per heavy atom. The lowest BCUT2D eigenvalue weighted by Crippen LogP contribution is -2.41. The molecule has 53 heavy (non-hydrogen) atoms. The molecular weight excluding hydrogens is 710 g/mol. The van der Waals surface area contributed by atoms with Gasteiger partial charge >= 0.3 is 0 Å². The molecule has 2 aliphatic carbocycles. The molecule has 274 valence electrons. The van der Waals surface area contributed by atoms with Crippen LogP contribution in [0.2, 0.25) is 10.0 Å². The summed E-state index contributed by atoms with van der Waals surface area (Å²) in [7, 11) is 0. The third-order valence-electron chi connectivity index (χ3n) is 12.2. The molecule has 3 aliphatic heterocycles. The number of fused-ring (bicyclic) bond motifs is 4. The van der Waals surface area contributed by atoms with Crippen LogP contribution < -0.4 is 5.32 Å². The summed E-state index contributed by atoms with van der Waals surface area (Å²) in [6, 6.07) is 11.9. The number of carbonyl (C=O) groups is 1. The molecule has 5 aromatic rings. The number of nitrogens with one attached hydrogen (secondary N) is 1. The van der Waals surface area contributed by atoms with E-state index in [9.17, 15) is 10.1 Å². The Labute approximate surface area is 318 Å². The average molecular weight is 754 g/mol. The molecule has 0 radical (unpaired) electrons. The molecule has 9 nitrogen and oxygen atoms in total. The van der Waals surface area contributed by atoms with Crippen molar-refractivity contribution in [3.63, 3.8) is 0 Å². The van der Waals surface area contributed by atoms with Gasteiger partial charge in [-0.05, 0) is 75.6 Å². The van der Waals surface area contributed by atoms with E-state index in [2.05, 4.69) is 62.7 Å². The summed E-state index contributed by atoms with van der Waals surface area (Å²) in [5, 5.41) is 24.8. The van der Waals surface area contributed by atoms with Gasteiger partial charge in [0.1, 0.15) is 5.52 Å². The zero-order valence-electron chi connectivity index (χ0n) is 30.7. The van der Waals surface area contributed by atoms with Crippen LogP contribution in [-0.2, 0) is 16.6 Å². The lowest BCUT2D eigenvalue weighted by molar-refractivity contribution is -0.133. The zero-order valence-corrected chi connectivity index (χ0v) is 32.2. The normalized spacial score (nSPS) is 24.0. The molecule has 2 saturated carbocycles. The van der Waals surface area contributed by atoms with Gasteiger partial charge in [0.15, 0.2) is 5.82 Å². The standard InChI is InChI=1S/C41H43Cl2FN8O/c1-20-27-17-32(31-16-25(19-50(31)40(53)22-11-12-22)52-39(41(3,4)5)21(2)48-49-52)51(37-24-15-30(37)46-18-24)38(27)28-14-23(8-7-13-45)33(35(44)36(28)47-20)26-9-6-10-29(42)34(26)43/h6,9-10,14,17,22,24-25,30-31,37,46H,7-8,11-12,15-16,18-19H2,1-5H3/t24-,25+,30-,31-,37+/m1/s1. The quantitative estimate of drug-likeness (QED) is 0.178. The maximum absolute atomic E-state index is 17.3. The van der Waals surface area contributed by atoms with Gasteiger partial charge in [-0.3, -0.25) is 4.79 Å². The van der Waals surface area contributed by atoms with E-state index in [0.717, 1.165) is 59.5 Å². The molecule has 0 unspecified atom stereocenters. The molecule has 10 rings (SSSR count). The number of nitrogens with zero attached hydrogens (tertiary/aromatic N) is 7. The number of pyridine rings is 1. The van der Waals surface area contributed by atoms with Gasteiger partial charge < -0.3 is 14.8 Å². The number of hydrogen-bond acceptors (Lipinski definition) is 6. The first-order valence-electron chi connectivity index (χ1n) is 18.8. The number of likely N-dealkylation sites (tertiary alicyclic amines) is 1. The van der Waals surface area contributed by atoms with E-state index in [-0.39, 0.29) is 58.4 Å². The van der Waals surface area contributed by atoms with E-state index < -0.39 is 5.82 Å². The molecular formula is C41H43Cl2FN8O. The fraction of sp³-hybridized carbons (Fsp3) is 0.488. The summed E-state index contributed by atoms with van der Waals surface area (Å²) >= 11 is 13.2. The number of aryl methyl sites for hydroxylation is 3. The van der Waals surface area contributed by atoms with Gasteiger partial charge in [-0.25, -0.2) is 14.1 Å². The van der Waals surface area contributed by atoms with Crippen LogP contribution in [0.1, 0.15) is 99.3 Å².